The van der Waals surface area contributed by atoms with Crippen LogP contribution >= 0.6 is 0 Å². The Kier molecular flexibility index (Phi) is 13.9. The van der Waals surface area contributed by atoms with Gasteiger partial charge in [0.05, 0.1) is 6.42 Å². The number of nitrogens with one attached hydrogen (secondary N) is 4. The molecule has 0 spiro atoms. The Bertz CT molecular complexity index is 1110. The van der Waals surface area contributed by atoms with Crippen molar-refractivity contribution in [2.45, 2.75) is 76.7 Å². The lowest BCUT2D eigenvalue weighted by Crippen LogP contribution is -2.62. The second kappa shape index (κ2) is 16.5. The molecule has 4 atom stereocenters. The maximum absolute atomic E-state index is 12.8. The Balaban J connectivity index is 2.54. The summed E-state index contributed by atoms with van der Waals surface area (Å²) in [6, 6.07) is 5.07. The fraction of sp³-hybridized carbons (Fsp3) is 0.500. The van der Waals surface area contributed by atoms with E-state index in [1.54, 1.807) is 0 Å². The highest BCUT2D eigenvalue weighted by Gasteiger charge is 2.40. The molecule has 41 heavy (non-hydrogen) atoms. The number of aliphatic carboxylic acids is 1. The molecule has 5 amide bonds. The third-order valence-electron chi connectivity index (χ3n) is 6.03. The van der Waals surface area contributed by atoms with Gasteiger partial charge in [0, 0.05) is 6.54 Å². The van der Waals surface area contributed by atoms with Crippen molar-refractivity contribution in [1.29, 1.82) is 0 Å². The van der Waals surface area contributed by atoms with Gasteiger partial charge >= 0.3 is 12.1 Å². The van der Waals surface area contributed by atoms with E-state index in [0.29, 0.717) is 6.42 Å². The van der Waals surface area contributed by atoms with Crippen LogP contribution in [0.3, 0.4) is 0 Å². The number of rotatable bonds is 17. The number of amides is 5. The second-order valence-electron chi connectivity index (χ2n) is 9.47. The highest BCUT2D eigenvalue weighted by atomic mass is 16.5. The van der Waals surface area contributed by atoms with Gasteiger partial charge in [0.15, 0.2) is 11.3 Å². The molecule has 0 saturated heterocycles. The van der Waals surface area contributed by atoms with Crippen LogP contribution in [0.2, 0.25) is 0 Å². The first-order valence-corrected chi connectivity index (χ1v) is 12.8. The Morgan fingerprint density at radius 3 is 2.07 bits per heavy atom. The lowest BCUT2D eigenvalue weighted by molar-refractivity contribution is -0.143. The molecule has 1 rings (SSSR count). The summed E-state index contributed by atoms with van der Waals surface area (Å²) in [6.07, 6.45) is -0.664. The Labute approximate surface area is 237 Å². The predicted octanol–water partition coefficient (Wildman–Crippen LogP) is -1.18. The van der Waals surface area contributed by atoms with Crippen molar-refractivity contribution >= 4 is 41.5 Å². The van der Waals surface area contributed by atoms with Gasteiger partial charge in [-0.15, -0.1) is 0 Å². The van der Waals surface area contributed by atoms with E-state index < -0.39 is 71.6 Å². The summed E-state index contributed by atoms with van der Waals surface area (Å²) in [6.45, 7) is 4.03. The SMILES string of the molecule is CC(=O)[C@](N)(CCCCNC(=O)OCc1ccccc1)C(=O)N[C@@H](C)C(=O)N[C@H](C)C(=O)N[C@@H](CC(N)=O)C(=O)O. The van der Waals surface area contributed by atoms with Gasteiger partial charge < -0.3 is 42.6 Å². The van der Waals surface area contributed by atoms with Gasteiger partial charge in [-0.2, -0.15) is 0 Å². The van der Waals surface area contributed by atoms with Crippen LogP contribution in [0.1, 0.15) is 52.0 Å². The molecule has 0 aliphatic carbocycles. The van der Waals surface area contributed by atoms with Crippen LogP contribution in [0, 0.1) is 0 Å². The van der Waals surface area contributed by atoms with Gasteiger partial charge in [0.25, 0.3) is 0 Å². The normalized spacial score (nSPS) is 14.2. The van der Waals surface area contributed by atoms with Crippen molar-refractivity contribution < 1.29 is 43.4 Å². The number of ketones is 1. The zero-order valence-electron chi connectivity index (χ0n) is 23.2. The molecule has 0 bridgehead atoms. The van der Waals surface area contributed by atoms with E-state index in [2.05, 4.69) is 21.3 Å². The van der Waals surface area contributed by atoms with Crippen molar-refractivity contribution in [3.8, 4) is 0 Å². The molecule has 15 heteroatoms. The van der Waals surface area contributed by atoms with Gasteiger partial charge in [-0.25, -0.2) is 9.59 Å². The summed E-state index contributed by atoms with van der Waals surface area (Å²) >= 11 is 0. The highest BCUT2D eigenvalue weighted by Crippen LogP contribution is 2.14. The van der Waals surface area contributed by atoms with Crippen molar-refractivity contribution in [3.05, 3.63) is 35.9 Å². The smallest absolute Gasteiger partial charge is 0.407 e. The number of hydrogen-bond acceptors (Lipinski definition) is 9. The molecule has 0 heterocycles. The van der Waals surface area contributed by atoms with Crippen LogP contribution in [-0.2, 0) is 40.1 Å². The van der Waals surface area contributed by atoms with E-state index in [4.69, 9.17) is 21.3 Å². The maximum atomic E-state index is 12.8. The third-order valence-corrected chi connectivity index (χ3v) is 6.03. The minimum absolute atomic E-state index is 0.0709. The average molecular weight is 579 g/mol. The molecular weight excluding hydrogens is 540 g/mol. The monoisotopic (exact) mass is 578 g/mol. The largest absolute Gasteiger partial charge is 0.480 e. The number of primary amides is 1. The summed E-state index contributed by atoms with van der Waals surface area (Å²) in [5.41, 5.74) is 9.95. The molecule has 0 fully saturated rings. The van der Waals surface area contributed by atoms with E-state index in [0.717, 1.165) is 12.5 Å². The van der Waals surface area contributed by atoms with Crippen LogP contribution in [0.4, 0.5) is 4.79 Å². The number of alkyl carbamates (subject to hydrolysis) is 1. The predicted molar refractivity (Wildman–Crippen MR) is 145 cm³/mol. The Hall–Kier alpha value is -4.53. The van der Waals surface area contributed by atoms with E-state index >= 15 is 0 Å². The first kappa shape index (κ1) is 34.5. The van der Waals surface area contributed by atoms with Crippen LogP contribution < -0.4 is 32.7 Å². The standard InChI is InChI=1S/C26H38N6O9/c1-15(22(36)32-19(23(37)38)13-20(27)34)30-21(35)16(2)31-24(39)26(28,17(3)33)11-7-8-12-29-25(40)41-14-18-9-5-4-6-10-18/h4-6,9-10,15-16,19H,7-8,11-14,28H2,1-3H3,(H2,27,34)(H,29,40)(H,30,35)(H,31,39)(H,32,36)(H,37,38)/t15-,16+,19+,26-/m1/s1. The number of hydrogen-bond donors (Lipinski definition) is 7. The van der Waals surface area contributed by atoms with Gasteiger partial charge in [0.1, 0.15) is 24.7 Å². The van der Waals surface area contributed by atoms with E-state index in [-0.39, 0.29) is 26.0 Å². The number of ether oxygens (including phenoxy) is 1. The van der Waals surface area contributed by atoms with Gasteiger partial charge in [-0.05, 0) is 45.6 Å². The average Bonchev–Trinajstić information content (AvgIpc) is 2.90. The van der Waals surface area contributed by atoms with Crippen LogP contribution in [0.25, 0.3) is 0 Å². The van der Waals surface area contributed by atoms with Gasteiger partial charge in [-0.3, -0.25) is 24.0 Å². The van der Waals surface area contributed by atoms with Crippen LogP contribution in [-0.4, -0.2) is 76.8 Å². The maximum Gasteiger partial charge on any atom is 0.407 e. The molecule has 0 saturated carbocycles. The lowest BCUT2D eigenvalue weighted by atomic mass is 9.88. The molecule has 0 aliphatic heterocycles. The minimum Gasteiger partial charge on any atom is -0.480 e. The number of Topliss-reactive ketones (excluding diaryl/α,β-unsaturated/α-hetero) is 1. The molecule has 0 radical (unpaired) electrons. The van der Waals surface area contributed by atoms with Crippen molar-refractivity contribution in [3.63, 3.8) is 0 Å². The highest BCUT2D eigenvalue weighted by molar-refractivity contribution is 6.10. The van der Waals surface area contributed by atoms with Gasteiger partial charge in [0.2, 0.25) is 23.6 Å². The number of carbonyl (C=O) groups excluding carboxylic acids is 6. The zero-order valence-corrected chi connectivity index (χ0v) is 23.2. The number of carboxylic acid groups (broad SMARTS) is 1. The van der Waals surface area contributed by atoms with Crippen molar-refractivity contribution in [1.82, 2.24) is 21.3 Å². The van der Waals surface area contributed by atoms with Crippen LogP contribution in [0.15, 0.2) is 30.3 Å². The molecule has 1 aromatic carbocycles. The Morgan fingerprint density at radius 2 is 1.51 bits per heavy atom. The molecule has 15 nitrogen and oxygen atoms in total. The summed E-state index contributed by atoms with van der Waals surface area (Å²) in [4.78, 5) is 83.9. The van der Waals surface area contributed by atoms with Gasteiger partial charge in [-0.1, -0.05) is 30.3 Å². The number of carboxylic acids is 1. The number of unbranched alkanes of at least 4 members (excludes halogenated alkanes) is 1. The molecule has 9 N–H and O–H groups in total. The number of carbonyl (C=O) groups is 7. The quantitative estimate of drug-likeness (QED) is 0.0861. The second-order valence-corrected chi connectivity index (χ2v) is 9.47. The van der Waals surface area contributed by atoms with Crippen molar-refractivity contribution in [2.24, 2.45) is 11.5 Å². The molecule has 226 valence electrons. The van der Waals surface area contributed by atoms with E-state index in [9.17, 15) is 33.6 Å². The Morgan fingerprint density at radius 1 is 0.927 bits per heavy atom. The fourth-order valence-corrected chi connectivity index (χ4v) is 3.44. The molecule has 0 aromatic heterocycles. The zero-order chi connectivity index (χ0) is 31.2. The van der Waals surface area contributed by atoms with E-state index in [1.165, 1.54) is 13.8 Å². The molecular formula is C26H38N6O9. The van der Waals surface area contributed by atoms with Crippen LogP contribution in [0.5, 0.6) is 0 Å². The molecule has 0 unspecified atom stereocenters. The molecule has 1 aromatic rings. The summed E-state index contributed by atoms with van der Waals surface area (Å²) in [5, 5.41) is 18.4. The van der Waals surface area contributed by atoms with E-state index in [1.807, 2.05) is 30.3 Å². The topological polar surface area (TPSA) is 249 Å². The lowest BCUT2D eigenvalue weighted by Gasteiger charge is -2.27. The summed E-state index contributed by atoms with van der Waals surface area (Å²) in [7, 11) is 0. The number of nitrogens with two attached hydrogens (primary N) is 2. The number of benzene rings is 1. The van der Waals surface area contributed by atoms with Crippen molar-refractivity contribution in [2.75, 3.05) is 6.54 Å². The summed E-state index contributed by atoms with van der Waals surface area (Å²) in [5.74, 6) is -5.70. The minimum atomic E-state index is -1.95. The third kappa shape index (κ3) is 12.0. The summed E-state index contributed by atoms with van der Waals surface area (Å²) < 4.78 is 5.10. The fourth-order valence-electron chi connectivity index (χ4n) is 3.44. The first-order chi connectivity index (χ1) is 19.2. The first-order valence-electron chi connectivity index (χ1n) is 12.8. The molecule has 0 aliphatic rings.